The summed E-state index contributed by atoms with van der Waals surface area (Å²) in [6.07, 6.45) is 5.79. The van der Waals surface area contributed by atoms with Crippen molar-refractivity contribution >= 4 is 11.8 Å². The maximum absolute atomic E-state index is 12.8. The van der Waals surface area contributed by atoms with E-state index in [4.69, 9.17) is 4.74 Å². The number of aromatic nitrogens is 1. The van der Waals surface area contributed by atoms with Crippen LogP contribution in [0.3, 0.4) is 0 Å². The Morgan fingerprint density at radius 1 is 1.28 bits per heavy atom. The summed E-state index contributed by atoms with van der Waals surface area (Å²) in [5, 5.41) is 3.24. The molecule has 3 saturated heterocycles. The van der Waals surface area contributed by atoms with Crippen LogP contribution in [-0.2, 0) is 14.3 Å². The number of ether oxygens (including phenoxy) is 1. The summed E-state index contributed by atoms with van der Waals surface area (Å²) in [6, 6.07) is 3.99. The number of hydrogen-bond acceptors (Lipinski definition) is 4. The molecule has 4 heterocycles. The highest BCUT2D eigenvalue weighted by molar-refractivity contribution is 5.83. The van der Waals surface area contributed by atoms with Gasteiger partial charge in [-0.05, 0) is 36.3 Å². The minimum atomic E-state index is -0.223. The maximum Gasteiger partial charge on any atom is 0.226 e. The predicted octanol–water partition coefficient (Wildman–Crippen LogP) is 0.939. The maximum atomic E-state index is 12.8. The first-order valence-corrected chi connectivity index (χ1v) is 9.25. The Morgan fingerprint density at radius 3 is 2.72 bits per heavy atom. The summed E-state index contributed by atoms with van der Waals surface area (Å²) >= 11 is 0. The molecule has 3 aliphatic heterocycles. The largest absolute Gasteiger partial charge is 0.381 e. The number of carbonyl (C=O) groups excluding carboxylic acids is 2. The van der Waals surface area contributed by atoms with E-state index in [1.807, 2.05) is 17.2 Å². The zero-order chi connectivity index (χ0) is 17.0. The van der Waals surface area contributed by atoms with Crippen LogP contribution in [0.2, 0.25) is 0 Å². The van der Waals surface area contributed by atoms with Crippen LogP contribution in [0.1, 0.15) is 30.7 Å². The lowest BCUT2D eigenvalue weighted by molar-refractivity contribution is -0.135. The van der Waals surface area contributed by atoms with E-state index in [0.717, 1.165) is 44.7 Å². The van der Waals surface area contributed by atoms with Gasteiger partial charge >= 0.3 is 0 Å². The molecule has 25 heavy (non-hydrogen) atoms. The first kappa shape index (κ1) is 15.3. The second-order valence-electron chi connectivity index (χ2n) is 7.96. The van der Waals surface area contributed by atoms with Gasteiger partial charge in [-0.1, -0.05) is 6.07 Å². The highest BCUT2D eigenvalue weighted by Gasteiger charge is 2.59. The number of hydrogen-bond donors (Lipinski definition) is 1. The van der Waals surface area contributed by atoms with Gasteiger partial charge in [0.1, 0.15) is 0 Å². The van der Waals surface area contributed by atoms with Crippen molar-refractivity contribution in [3.05, 3.63) is 30.1 Å². The average Bonchev–Trinajstić information content (AvgIpc) is 2.96. The molecule has 2 unspecified atom stereocenters. The highest BCUT2D eigenvalue weighted by atomic mass is 16.5. The van der Waals surface area contributed by atoms with Gasteiger partial charge in [0, 0.05) is 43.7 Å². The fourth-order valence-corrected chi connectivity index (χ4v) is 5.23. The van der Waals surface area contributed by atoms with E-state index < -0.39 is 0 Å². The molecular weight excluding hydrogens is 318 g/mol. The molecule has 4 aliphatic rings. The summed E-state index contributed by atoms with van der Waals surface area (Å²) < 4.78 is 5.40. The van der Waals surface area contributed by atoms with E-state index in [9.17, 15) is 9.59 Å². The zero-order valence-electron chi connectivity index (χ0n) is 14.2. The molecule has 0 aromatic carbocycles. The number of nitrogens with one attached hydrogen (secondary N) is 1. The fraction of sp³-hybridized carbons (Fsp3) is 0.632. The van der Waals surface area contributed by atoms with Crippen molar-refractivity contribution < 1.29 is 14.3 Å². The van der Waals surface area contributed by atoms with E-state index in [2.05, 4.69) is 16.4 Å². The first-order valence-electron chi connectivity index (χ1n) is 9.25. The van der Waals surface area contributed by atoms with Crippen molar-refractivity contribution in [1.82, 2.24) is 15.2 Å². The van der Waals surface area contributed by atoms with Crippen molar-refractivity contribution in [3.8, 4) is 0 Å². The van der Waals surface area contributed by atoms with E-state index in [1.54, 1.807) is 6.20 Å². The number of fused-ring (bicyclic) bond motifs is 1. The molecule has 1 spiro atoms. The molecule has 1 aromatic heterocycles. The Labute approximate surface area is 146 Å². The number of carbonyl (C=O) groups is 2. The van der Waals surface area contributed by atoms with Crippen molar-refractivity contribution in [2.45, 2.75) is 30.7 Å². The fourth-order valence-electron chi connectivity index (χ4n) is 5.23. The van der Waals surface area contributed by atoms with Gasteiger partial charge < -0.3 is 15.0 Å². The van der Waals surface area contributed by atoms with Gasteiger partial charge in [-0.15, -0.1) is 0 Å². The van der Waals surface area contributed by atoms with E-state index >= 15 is 0 Å². The molecule has 4 atom stereocenters. The Balaban J connectivity index is 1.29. The number of nitrogens with zero attached hydrogens (tertiary/aromatic N) is 2. The van der Waals surface area contributed by atoms with Crippen LogP contribution in [0.4, 0.5) is 0 Å². The minimum Gasteiger partial charge on any atom is -0.381 e. The van der Waals surface area contributed by atoms with Gasteiger partial charge in [0.2, 0.25) is 11.8 Å². The van der Waals surface area contributed by atoms with E-state index in [0.29, 0.717) is 24.2 Å². The Morgan fingerprint density at radius 2 is 2.04 bits per heavy atom. The van der Waals surface area contributed by atoms with Gasteiger partial charge in [-0.2, -0.15) is 0 Å². The quantitative estimate of drug-likeness (QED) is 0.869. The molecule has 132 valence electrons. The highest BCUT2D eigenvalue weighted by Crippen LogP contribution is 2.52. The van der Waals surface area contributed by atoms with Crippen molar-refractivity contribution in [1.29, 1.82) is 0 Å². The van der Waals surface area contributed by atoms with Crippen molar-refractivity contribution in [3.63, 3.8) is 0 Å². The third-order valence-corrected chi connectivity index (χ3v) is 6.74. The van der Waals surface area contributed by atoms with Gasteiger partial charge in [0.15, 0.2) is 0 Å². The monoisotopic (exact) mass is 341 g/mol. The molecule has 1 N–H and O–H groups in total. The van der Waals surface area contributed by atoms with Crippen LogP contribution in [0, 0.1) is 17.8 Å². The SMILES string of the molecule is O=C1CC(c2cccnc2)C2(CCN(C(=O)C3[C@H]4COC[C@@H]34)CC2)N1. The smallest absolute Gasteiger partial charge is 0.226 e. The molecular formula is C19H23N3O3. The normalized spacial score (nSPS) is 35.5. The summed E-state index contributed by atoms with van der Waals surface area (Å²) in [6.45, 7) is 2.95. The summed E-state index contributed by atoms with van der Waals surface area (Å²) in [5.41, 5.74) is 0.897. The Kier molecular flexibility index (Phi) is 3.39. The molecule has 1 aromatic rings. The second kappa shape index (κ2) is 5.53. The lowest BCUT2D eigenvalue weighted by Gasteiger charge is -2.43. The number of rotatable bonds is 2. The molecule has 1 aliphatic carbocycles. The molecule has 6 nitrogen and oxygen atoms in total. The van der Waals surface area contributed by atoms with Crippen LogP contribution >= 0.6 is 0 Å². The van der Waals surface area contributed by atoms with Gasteiger partial charge in [0.05, 0.1) is 18.8 Å². The molecule has 4 fully saturated rings. The summed E-state index contributed by atoms with van der Waals surface area (Å²) in [4.78, 5) is 31.1. The van der Waals surface area contributed by atoms with Gasteiger partial charge in [-0.3, -0.25) is 14.6 Å². The van der Waals surface area contributed by atoms with Crippen LogP contribution in [0.25, 0.3) is 0 Å². The molecule has 0 bridgehead atoms. The van der Waals surface area contributed by atoms with Gasteiger partial charge in [-0.25, -0.2) is 0 Å². The summed E-state index contributed by atoms with van der Waals surface area (Å²) in [7, 11) is 0. The number of piperidine rings is 1. The lowest BCUT2D eigenvalue weighted by atomic mass is 9.74. The number of likely N-dealkylation sites (tertiary alicyclic amines) is 1. The third kappa shape index (κ3) is 2.38. The van der Waals surface area contributed by atoms with Crippen LogP contribution in [0.5, 0.6) is 0 Å². The lowest BCUT2D eigenvalue weighted by Crippen LogP contribution is -2.55. The van der Waals surface area contributed by atoms with Crippen molar-refractivity contribution in [2.75, 3.05) is 26.3 Å². The summed E-state index contributed by atoms with van der Waals surface area (Å²) in [5.74, 6) is 1.67. The van der Waals surface area contributed by atoms with Crippen LogP contribution in [-0.4, -0.2) is 53.5 Å². The molecule has 5 rings (SSSR count). The van der Waals surface area contributed by atoms with Crippen LogP contribution < -0.4 is 5.32 Å². The molecule has 2 amide bonds. The molecule has 1 saturated carbocycles. The topological polar surface area (TPSA) is 71.5 Å². The third-order valence-electron chi connectivity index (χ3n) is 6.74. The average molecular weight is 341 g/mol. The first-order chi connectivity index (χ1) is 12.2. The number of pyridine rings is 1. The van der Waals surface area contributed by atoms with Crippen LogP contribution in [0.15, 0.2) is 24.5 Å². The molecule has 0 radical (unpaired) electrons. The minimum absolute atomic E-state index is 0.113. The van der Waals surface area contributed by atoms with E-state index in [1.165, 1.54) is 0 Å². The second-order valence-corrected chi connectivity index (χ2v) is 7.96. The standard InChI is InChI=1S/C19H23N3O3/c23-16-8-15(12-2-1-5-20-9-12)19(21-16)3-6-22(7-4-19)18(24)17-13-10-25-11-14(13)17/h1-2,5,9,13-15,17H,3-4,6-8,10-11H2,(H,21,23)/t13-,14+,15?,17?. The number of amides is 2. The predicted molar refractivity (Wildman–Crippen MR) is 89.6 cm³/mol. The van der Waals surface area contributed by atoms with Gasteiger partial charge in [0.25, 0.3) is 0 Å². The zero-order valence-corrected chi connectivity index (χ0v) is 14.2. The van der Waals surface area contributed by atoms with Crippen molar-refractivity contribution in [2.24, 2.45) is 17.8 Å². The van der Waals surface area contributed by atoms with E-state index in [-0.39, 0.29) is 23.3 Å². The Hall–Kier alpha value is -1.95. The molecule has 6 heteroatoms. The Bertz CT molecular complexity index is 689.